The molecule has 0 saturated heterocycles. The summed E-state index contributed by atoms with van der Waals surface area (Å²) in [4.78, 5) is 12.0. The summed E-state index contributed by atoms with van der Waals surface area (Å²) in [6, 6.07) is 0. The molecule has 1 amide bonds. The molecule has 1 fully saturated rings. The molecule has 1 aliphatic rings. The van der Waals surface area contributed by atoms with Crippen LogP contribution < -0.4 is 11.1 Å². The van der Waals surface area contributed by atoms with Crippen molar-refractivity contribution in [1.82, 2.24) is 15.1 Å². The number of hydrogen-bond acceptors (Lipinski definition) is 3. The molecule has 0 aliphatic heterocycles. The maximum atomic E-state index is 12.0. The van der Waals surface area contributed by atoms with E-state index in [0.717, 1.165) is 6.54 Å². The fourth-order valence-electron chi connectivity index (χ4n) is 2.28. The minimum Gasteiger partial charge on any atom is -0.395 e. The molecule has 1 heterocycles. The van der Waals surface area contributed by atoms with Gasteiger partial charge < -0.3 is 11.1 Å². The molecule has 0 radical (unpaired) electrons. The van der Waals surface area contributed by atoms with Gasteiger partial charge in [0.2, 0.25) is 0 Å². The zero-order chi connectivity index (χ0) is 12.6. The highest BCUT2D eigenvalue weighted by atomic mass is 16.2. The van der Waals surface area contributed by atoms with Gasteiger partial charge in [-0.25, -0.2) is 0 Å². The molecule has 1 saturated carbocycles. The highest BCUT2D eigenvalue weighted by Gasteiger charge is 2.32. The van der Waals surface area contributed by atoms with Gasteiger partial charge in [0.05, 0.1) is 11.4 Å². The molecule has 0 bridgehead atoms. The summed E-state index contributed by atoms with van der Waals surface area (Å²) in [6.45, 7) is 4.73. The van der Waals surface area contributed by atoms with E-state index in [1.807, 2.05) is 0 Å². The predicted molar refractivity (Wildman–Crippen MR) is 66.6 cm³/mol. The first kappa shape index (κ1) is 12.0. The second-order valence-corrected chi connectivity index (χ2v) is 5.32. The smallest absolute Gasteiger partial charge is 0.271 e. The molecular formula is C12H20N4O. The van der Waals surface area contributed by atoms with Gasteiger partial charge in [-0.15, -0.1) is 0 Å². The minimum atomic E-state index is -0.126. The van der Waals surface area contributed by atoms with Crippen molar-refractivity contribution in [2.24, 2.45) is 12.5 Å². The Morgan fingerprint density at radius 2 is 2.24 bits per heavy atom. The Balaban J connectivity index is 2.04. The van der Waals surface area contributed by atoms with Crippen LogP contribution in [0.15, 0.2) is 0 Å². The van der Waals surface area contributed by atoms with E-state index in [0.29, 0.717) is 17.1 Å². The lowest BCUT2D eigenvalue weighted by atomic mass is 9.70. The number of nitrogens with zero attached hydrogens (tertiary/aromatic N) is 2. The van der Waals surface area contributed by atoms with Gasteiger partial charge >= 0.3 is 0 Å². The molecule has 5 heteroatoms. The van der Waals surface area contributed by atoms with E-state index < -0.39 is 0 Å². The Bertz CT molecular complexity index is 446. The third-order valence-electron chi connectivity index (χ3n) is 3.72. The average molecular weight is 236 g/mol. The second-order valence-electron chi connectivity index (χ2n) is 5.32. The summed E-state index contributed by atoms with van der Waals surface area (Å²) in [5.41, 5.74) is 7.76. The van der Waals surface area contributed by atoms with Crippen LogP contribution in [-0.4, -0.2) is 22.2 Å². The van der Waals surface area contributed by atoms with Crippen molar-refractivity contribution in [3.8, 4) is 0 Å². The van der Waals surface area contributed by atoms with Crippen LogP contribution in [-0.2, 0) is 7.05 Å². The number of nitrogen functional groups attached to an aromatic ring is 1. The van der Waals surface area contributed by atoms with Crippen molar-refractivity contribution in [2.75, 3.05) is 12.3 Å². The quantitative estimate of drug-likeness (QED) is 0.829. The molecule has 0 spiro atoms. The van der Waals surface area contributed by atoms with Crippen LogP contribution >= 0.6 is 0 Å². The monoisotopic (exact) mass is 236 g/mol. The predicted octanol–water partition coefficient (Wildman–Crippen LogP) is 1.23. The largest absolute Gasteiger partial charge is 0.395 e. The highest BCUT2D eigenvalue weighted by Crippen LogP contribution is 2.39. The molecule has 0 unspecified atom stereocenters. The highest BCUT2D eigenvalue weighted by molar-refractivity contribution is 5.97. The number of hydrogen-bond donors (Lipinski definition) is 2. The summed E-state index contributed by atoms with van der Waals surface area (Å²) in [6.07, 6.45) is 3.64. The summed E-state index contributed by atoms with van der Waals surface area (Å²) in [7, 11) is 1.74. The average Bonchev–Trinajstić information content (AvgIpc) is 2.47. The summed E-state index contributed by atoms with van der Waals surface area (Å²) in [5, 5.41) is 7.10. The Morgan fingerprint density at radius 1 is 1.59 bits per heavy atom. The van der Waals surface area contributed by atoms with Gasteiger partial charge in [-0.05, 0) is 25.2 Å². The molecule has 1 aromatic heterocycles. The molecular weight excluding hydrogens is 216 g/mol. The van der Waals surface area contributed by atoms with E-state index in [1.54, 1.807) is 18.7 Å². The van der Waals surface area contributed by atoms with E-state index in [1.165, 1.54) is 19.3 Å². The number of amides is 1. The van der Waals surface area contributed by atoms with Crippen molar-refractivity contribution in [3.05, 3.63) is 11.4 Å². The SMILES string of the molecule is Cc1nn(C)c(C(=O)NCC2(C)CCC2)c1N. The zero-order valence-corrected chi connectivity index (χ0v) is 10.7. The number of anilines is 1. The van der Waals surface area contributed by atoms with Gasteiger partial charge in [0.25, 0.3) is 5.91 Å². The minimum absolute atomic E-state index is 0.126. The van der Waals surface area contributed by atoms with Crippen molar-refractivity contribution >= 4 is 11.6 Å². The molecule has 94 valence electrons. The lowest BCUT2D eigenvalue weighted by molar-refractivity contribution is 0.0882. The van der Waals surface area contributed by atoms with Gasteiger partial charge in [0.1, 0.15) is 5.69 Å². The third-order valence-corrected chi connectivity index (χ3v) is 3.72. The number of carbonyl (C=O) groups is 1. The van der Waals surface area contributed by atoms with Gasteiger partial charge in [0.15, 0.2) is 0 Å². The van der Waals surface area contributed by atoms with E-state index >= 15 is 0 Å². The Labute approximate surface area is 101 Å². The maximum absolute atomic E-state index is 12.0. The van der Waals surface area contributed by atoms with E-state index in [9.17, 15) is 4.79 Å². The molecule has 5 nitrogen and oxygen atoms in total. The van der Waals surface area contributed by atoms with Crippen molar-refractivity contribution in [2.45, 2.75) is 33.1 Å². The number of rotatable bonds is 3. The Hall–Kier alpha value is -1.52. The van der Waals surface area contributed by atoms with Gasteiger partial charge in [-0.3, -0.25) is 9.48 Å². The summed E-state index contributed by atoms with van der Waals surface area (Å²) in [5.74, 6) is -0.126. The van der Waals surface area contributed by atoms with Crippen LogP contribution in [0.1, 0.15) is 42.4 Å². The lowest BCUT2D eigenvalue weighted by Crippen LogP contribution is -2.40. The third kappa shape index (κ3) is 2.14. The first-order valence-electron chi connectivity index (χ1n) is 6.00. The summed E-state index contributed by atoms with van der Waals surface area (Å²) >= 11 is 0. The molecule has 0 aromatic carbocycles. The van der Waals surface area contributed by atoms with E-state index in [2.05, 4.69) is 17.3 Å². The number of nitrogens with one attached hydrogen (secondary N) is 1. The Morgan fingerprint density at radius 3 is 2.65 bits per heavy atom. The van der Waals surface area contributed by atoms with Crippen LogP contribution in [0, 0.1) is 12.3 Å². The molecule has 1 aliphatic carbocycles. The molecule has 0 atom stereocenters. The van der Waals surface area contributed by atoms with Crippen molar-refractivity contribution in [1.29, 1.82) is 0 Å². The fraction of sp³-hybridized carbons (Fsp3) is 0.667. The van der Waals surface area contributed by atoms with E-state index in [4.69, 9.17) is 5.73 Å². The molecule has 17 heavy (non-hydrogen) atoms. The molecule has 3 N–H and O–H groups in total. The number of aryl methyl sites for hydroxylation is 2. The fourth-order valence-corrected chi connectivity index (χ4v) is 2.28. The van der Waals surface area contributed by atoms with Gasteiger partial charge in [-0.2, -0.15) is 5.10 Å². The number of aromatic nitrogens is 2. The van der Waals surface area contributed by atoms with E-state index in [-0.39, 0.29) is 11.3 Å². The standard InChI is InChI=1S/C12H20N4O/c1-8-9(13)10(16(3)15-8)11(17)14-7-12(2)5-4-6-12/h4-7,13H2,1-3H3,(H,14,17). The number of nitrogens with two attached hydrogens (primary N) is 1. The maximum Gasteiger partial charge on any atom is 0.271 e. The Kier molecular flexibility index (Phi) is 2.85. The molecule has 2 rings (SSSR count). The van der Waals surface area contributed by atoms with Crippen LogP contribution in [0.3, 0.4) is 0 Å². The lowest BCUT2D eigenvalue weighted by Gasteiger charge is -2.38. The van der Waals surface area contributed by atoms with Gasteiger partial charge in [-0.1, -0.05) is 13.3 Å². The van der Waals surface area contributed by atoms with Crippen LogP contribution in [0.5, 0.6) is 0 Å². The number of carbonyl (C=O) groups excluding carboxylic acids is 1. The first-order chi connectivity index (χ1) is 7.93. The zero-order valence-electron chi connectivity index (χ0n) is 10.7. The van der Waals surface area contributed by atoms with Crippen LogP contribution in [0.2, 0.25) is 0 Å². The van der Waals surface area contributed by atoms with Crippen LogP contribution in [0.4, 0.5) is 5.69 Å². The topological polar surface area (TPSA) is 72.9 Å². The van der Waals surface area contributed by atoms with Gasteiger partial charge in [0, 0.05) is 13.6 Å². The normalized spacial score (nSPS) is 17.6. The molecule has 1 aromatic rings. The summed E-state index contributed by atoms with van der Waals surface area (Å²) < 4.78 is 1.54. The van der Waals surface area contributed by atoms with Crippen LogP contribution in [0.25, 0.3) is 0 Å². The van der Waals surface area contributed by atoms with Crippen molar-refractivity contribution in [3.63, 3.8) is 0 Å². The second kappa shape index (κ2) is 4.05. The first-order valence-corrected chi connectivity index (χ1v) is 6.00. The van der Waals surface area contributed by atoms with Crippen molar-refractivity contribution < 1.29 is 4.79 Å².